The van der Waals surface area contributed by atoms with Crippen LogP contribution in [-0.2, 0) is 18.4 Å². The minimum Gasteiger partial charge on any atom is -0.475 e. The number of imidazole rings is 1. The SMILES string of the molecule is CC#CCn1c(N2CCNCC2)nc2nc(Oc3cccnc3C(N)=O)n(C)c(=O)c21.O=C(O)C(F)(F)F. The number of carbonyl (C=O) groups excluding carboxylic acids is 1. The van der Waals surface area contributed by atoms with Crippen LogP contribution in [0.1, 0.15) is 17.4 Å². The van der Waals surface area contributed by atoms with Crippen LogP contribution in [0.2, 0.25) is 0 Å². The lowest BCUT2D eigenvalue weighted by Gasteiger charge is -2.28. The zero-order chi connectivity index (χ0) is 28.0. The number of rotatable bonds is 5. The van der Waals surface area contributed by atoms with Gasteiger partial charge in [-0.3, -0.25) is 18.7 Å². The lowest BCUT2D eigenvalue weighted by atomic mass is 10.3. The number of pyridine rings is 1. The number of hydrogen-bond donors (Lipinski definition) is 3. The monoisotopic (exact) mass is 536 g/mol. The standard InChI is InChI=1S/C20H22N8O3.C2HF3O2/c1-3-4-10-28-15-17(24-19(28)27-11-8-22-9-12-27)25-20(26(2)18(15)30)31-13-6-5-7-23-14(13)16(21)29;3-2(4,5)1(6)7/h5-7,22H,8-12H2,1-2H3,(H2,21,29);(H,6,7). The predicted molar refractivity (Wildman–Crippen MR) is 128 cm³/mol. The predicted octanol–water partition coefficient (Wildman–Crippen LogP) is 0.482. The first-order chi connectivity index (χ1) is 18.0. The van der Waals surface area contributed by atoms with Gasteiger partial charge in [0.2, 0.25) is 5.95 Å². The lowest BCUT2D eigenvalue weighted by molar-refractivity contribution is -0.192. The van der Waals surface area contributed by atoms with Gasteiger partial charge in [0.05, 0.1) is 6.54 Å². The van der Waals surface area contributed by atoms with Crippen molar-refractivity contribution >= 4 is 29.0 Å². The Morgan fingerprint density at radius 1 is 1.26 bits per heavy atom. The van der Waals surface area contributed by atoms with Crippen LogP contribution in [0, 0.1) is 11.8 Å². The van der Waals surface area contributed by atoms with Crippen LogP contribution >= 0.6 is 0 Å². The number of aliphatic carboxylic acids is 1. The fourth-order valence-corrected chi connectivity index (χ4v) is 3.39. The van der Waals surface area contributed by atoms with E-state index in [1.54, 1.807) is 17.6 Å². The number of hydrogen-bond acceptors (Lipinski definition) is 9. The molecular weight excluding hydrogens is 513 g/mol. The number of amides is 1. The molecule has 0 aliphatic carbocycles. The highest BCUT2D eigenvalue weighted by Crippen LogP contribution is 2.25. The van der Waals surface area contributed by atoms with Gasteiger partial charge >= 0.3 is 18.2 Å². The first-order valence-corrected chi connectivity index (χ1v) is 11.0. The van der Waals surface area contributed by atoms with Crippen molar-refractivity contribution in [3.05, 3.63) is 34.4 Å². The molecule has 3 aromatic rings. The Morgan fingerprint density at radius 2 is 1.92 bits per heavy atom. The van der Waals surface area contributed by atoms with E-state index in [-0.39, 0.29) is 28.7 Å². The number of alkyl halides is 3. The maximum absolute atomic E-state index is 13.2. The van der Waals surface area contributed by atoms with Crippen molar-refractivity contribution in [2.45, 2.75) is 19.6 Å². The molecule has 4 heterocycles. The van der Waals surface area contributed by atoms with E-state index in [1.807, 2.05) is 0 Å². The Labute approximate surface area is 213 Å². The van der Waals surface area contributed by atoms with E-state index in [1.165, 1.54) is 23.9 Å². The molecule has 1 amide bonds. The van der Waals surface area contributed by atoms with Crippen molar-refractivity contribution in [1.29, 1.82) is 0 Å². The molecule has 13 nitrogen and oxygen atoms in total. The number of nitrogens with one attached hydrogen (secondary N) is 1. The molecule has 0 atom stereocenters. The van der Waals surface area contributed by atoms with Gasteiger partial charge in [-0.05, 0) is 19.1 Å². The van der Waals surface area contributed by atoms with Crippen LogP contribution in [0.4, 0.5) is 19.1 Å². The number of piperazine rings is 1. The Bertz CT molecular complexity index is 1470. The van der Waals surface area contributed by atoms with Crippen LogP contribution < -0.4 is 26.2 Å². The minimum atomic E-state index is -5.08. The number of fused-ring (bicyclic) bond motifs is 1. The molecule has 0 radical (unpaired) electrons. The second-order valence-electron chi connectivity index (χ2n) is 7.71. The number of ether oxygens (including phenoxy) is 1. The molecule has 1 fully saturated rings. The molecule has 0 aromatic carbocycles. The molecule has 1 aliphatic rings. The summed E-state index contributed by atoms with van der Waals surface area (Å²) in [5.74, 6) is 3.11. The smallest absolute Gasteiger partial charge is 0.475 e. The second kappa shape index (κ2) is 11.6. The van der Waals surface area contributed by atoms with Crippen LogP contribution in [0.5, 0.6) is 11.8 Å². The molecule has 4 N–H and O–H groups in total. The molecule has 0 unspecified atom stereocenters. The average molecular weight is 536 g/mol. The third-order valence-electron chi connectivity index (χ3n) is 5.19. The highest BCUT2D eigenvalue weighted by atomic mass is 19.4. The highest BCUT2D eigenvalue weighted by molar-refractivity contribution is 5.93. The summed E-state index contributed by atoms with van der Waals surface area (Å²) in [5.41, 5.74) is 5.56. The van der Waals surface area contributed by atoms with Gasteiger partial charge < -0.3 is 25.8 Å². The van der Waals surface area contributed by atoms with Crippen LogP contribution in [0.15, 0.2) is 23.1 Å². The molecule has 0 bridgehead atoms. The van der Waals surface area contributed by atoms with Gasteiger partial charge in [0.1, 0.15) is 0 Å². The quantitative estimate of drug-likeness (QED) is 0.390. The van der Waals surface area contributed by atoms with Gasteiger partial charge in [0.15, 0.2) is 22.6 Å². The normalized spacial score (nSPS) is 13.2. The summed E-state index contributed by atoms with van der Waals surface area (Å²) in [7, 11) is 1.54. The van der Waals surface area contributed by atoms with Gasteiger partial charge in [-0.1, -0.05) is 5.92 Å². The summed E-state index contributed by atoms with van der Waals surface area (Å²) in [6, 6.07) is 3.11. The topological polar surface area (TPSA) is 170 Å². The number of aromatic nitrogens is 5. The second-order valence-corrected chi connectivity index (χ2v) is 7.71. The van der Waals surface area contributed by atoms with Gasteiger partial charge in [-0.15, -0.1) is 5.92 Å². The summed E-state index contributed by atoms with van der Waals surface area (Å²) < 4.78 is 40.5. The fraction of sp³-hybridized carbons (Fsp3) is 0.364. The van der Waals surface area contributed by atoms with Crippen LogP contribution in [0.25, 0.3) is 11.2 Å². The molecule has 38 heavy (non-hydrogen) atoms. The Hall–Kier alpha value is -4.65. The summed E-state index contributed by atoms with van der Waals surface area (Å²) in [4.78, 5) is 48.9. The molecule has 16 heteroatoms. The molecule has 1 aliphatic heterocycles. The first kappa shape index (κ1) is 27.9. The van der Waals surface area contributed by atoms with Crippen molar-refractivity contribution in [2.75, 3.05) is 31.1 Å². The molecule has 0 spiro atoms. The first-order valence-electron chi connectivity index (χ1n) is 11.0. The number of halogens is 3. The van der Waals surface area contributed by atoms with E-state index >= 15 is 0 Å². The number of anilines is 1. The van der Waals surface area contributed by atoms with Gasteiger partial charge in [-0.2, -0.15) is 23.1 Å². The maximum atomic E-state index is 13.2. The largest absolute Gasteiger partial charge is 0.490 e. The maximum Gasteiger partial charge on any atom is 0.490 e. The third kappa shape index (κ3) is 6.18. The minimum absolute atomic E-state index is 0.0221. The summed E-state index contributed by atoms with van der Waals surface area (Å²) in [6.07, 6.45) is -3.65. The zero-order valence-electron chi connectivity index (χ0n) is 20.2. The van der Waals surface area contributed by atoms with Gasteiger partial charge in [0.25, 0.3) is 11.5 Å². The number of nitrogens with two attached hydrogens (primary N) is 1. The molecular formula is C22H23F3N8O5. The number of carbonyl (C=O) groups is 2. The van der Waals surface area contributed by atoms with Crippen molar-refractivity contribution < 1.29 is 32.6 Å². The number of carboxylic acid groups (broad SMARTS) is 1. The molecule has 202 valence electrons. The average Bonchev–Trinajstić information content (AvgIpc) is 3.24. The van der Waals surface area contributed by atoms with E-state index in [0.717, 1.165) is 26.2 Å². The van der Waals surface area contributed by atoms with E-state index in [2.05, 4.69) is 37.0 Å². The van der Waals surface area contributed by atoms with Gasteiger partial charge in [-0.25, -0.2) is 9.78 Å². The fourth-order valence-electron chi connectivity index (χ4n) is 3.39. The number of nitrogens with zero attached hydrogens (tertiary/aromatic N) is 6. The summed E-state index contributed by atoms with van der Waals surface area (Å²) in [5, 5.41) is 10.4. The number of primary amides is 1. The van der Waals surface area contributed by atoms with Crippen molar-refractivity contribution in [3.63, 3.8) is 0 Å². The van der Waals surface area contributed by atoms with Gasteiger partial charge in [0, 0.05) is 39.4 Å². The van der Waals surface area contributed by atoms with Crippen LogP contribution in [-0.4, -0.2) is 73.4 Å². The Morgan fingerprint density at radius 3 is 2.50 bits per heavy atom. The van der Waals surface area contributed by atoms with Crippen molar-refractivity contribution in [2.24, 2.45) is 12.8 Å². The summed E-state index contributed by atoms with van der Waals surface area (Å²) in [6.45, 7) is 5.21. The third-order valence-corrected chi connectivity index (χ3v) is 5.19. The van der Waals surface area contributed by atoms with E-state index in [9.17, 15) is 22.8 Å². The molecule has 0 saturated carbocycles. The van der Waals surface area contributed by atoms with E-state index in [0.29, 0.717) is 18.0 Å². The summed E-state index contributed by atoms with van der Waals surface area (Å²) >= 11 is 0. The highest BCUT2D eigenvalue weighted by Gasteiger charge is 2.38. The van der Waals surface area contributed by atoms with Crippen molar-refractivity contribution in [1.82, 2.24) is 29.4 Å². The van der Waals surface area contributed by atoms with Crippen molar-refractivity contribution in [3.8, 4) is 23.6 Å². The Kier molecular flexibility index (Phi) is 8.53. The zero-order valence-corrected chi connectivity index (χ0v) is 20.2. The van der Waals surface area contributed by atoms with E-state index < -0.39 is 18.1 Å². The molecule has 4 rings (SSSR count). The number of carboxylic acids is 1. The van der Waals surface area contributed by atoms with Crippen LogP contribution in [0.3, 0.4) is 0 Å². The van der Waals surface area contributed by atoms with E-state index in [4.69, 9.17) is 20.4 Å². The molecule has 3 aromatic heterocycles. The lowest BCUT2D eigenvalue weighted by Crippen LogP contribution is -2.44. The Balaban J connectivity index is 0.000000505. The molecule has 1 saturated heterocycles.